The van der Waals surface area contributed by atoms with Crippen molar-refractivity contribution in [3.8, 4) is 5.75 Å². The van der Waals surface area contributed by atoms with E-state index in [1.54, 1.807) is 30.6 Å². The van der Waals surface area contributed by atoms with Crippen LogP contribution in [0, 0.1) is 0 Å². The second-order valence-corrected chi connectivity index (χ2v) is 8.00. The first-order valence-corrected chi connectivity index (χ1v) is 10.4. The van der Waals surface area contributed by atoms with Crippen molar-refractivity contribution in [2.24, 2.45) is 0 Å². The highest BCUT2D eigenvalue weighted by Crippen LogP contribution is 2.28. The molecule has 8 heteroatoms. The maximum absolute atomic E-state index is 13.1. The van der Waals surface area contributed by atoms with Crippen molar-refractivity contribution in [2.45, 2.75) is 18.8 Å². The SMILES string of the molecule is COc1ccccc1C(=O)N1CCOC2(CN(Cc3nccs3)CCCO2)C1. The van der Waals surface area contributed by atoms with Crippen LogP contribution >= 0.6 is 11.3 Å². The van der Waals surface area contributed by atoms with Crippen molar-refractivity contribution in [3.05, 3.63) is 46.4 Å². The fraction of sp³-hybridized carbons (Fsp3) is 0.500. The van der Waals surface area contributed by atoms with Crippen molar-refractivity contribution in [3.63, 3.8) is 0 Å². The van der Waals surface area contributed by atoms with Crippen LogP contribution in [0.5, 0.6) is 5.75 Å². The zero-order valence-electron chi connectivity index (χ0n) is 16.0. The molecule has 2 saturated heterocycles. The molecule has 28 heavy (non-hydrogen) atoms. The lowest BCUT2D eigenvalue weighted by molar-refractivity contribution is -0.261. The number of hydrogen-bond donors (Lipinski definition) is 0. The topological polar surface area (TPSA) is 64.1 Å². The number of ether oxygens (including phenoxy) is 3. The number of aromatic nitrogens is 1. The second kappa shape index (κ2) is 8.57. The Bertz CT molecular complexity index is 801. The Hall–Kier alpha value is -2.00. The first-order chi connectivity index (χ1) is 13.7. The Morgan fingerprint density at radius 2 is 2.11 bits per heavy atom. The molecule has 7 nitrogen and oxygen atoms in total. The van der Waals surface area contributed by atoms with E-state index in [0.717, 1.165) is 24.5 Å². The van der Waals surface area contributed by atoms with Gasteiger partial charge >= 0.3 is 0 Å². The lowest BCUT2D eigenvalue weighted by atomic mass is 10.1. The van der Waals surface area contributed by atoms with Gasteiger partial charge in [-0.05, 0) is 18.6 Å². The molecule has 0 saturated carbocycles. The molecule has 0 radical (unpaired) electrons. The van der Waals surface area contributed by atoms with Crippen molar-refractivity contribution >= 4 is 17.2 Å². The quantitative estimate of drug-likeness (QED) is 0.780. The van der Waals surface area contributed by atoms with Gasteiger partial charge in [0.25, 0.3) is 5.91 Å². The van der Waals surface area contributed by atoms with E-state index in [2.05, 4.69) is 9.88 Å². The summed E-state index contributed by atoms with van der Waals surface area (Å²) in [6.45, 7) is 4.31. The normalized spacial score (nSPS) is 23.5. The number of hydrogen-bond acceptors (Lipinski definition) is 7. The monoisotopic (exact) mass is 403 g/mol. The molecule has 0 aliphatic carbocycles. The van der Waals surface area contributed by atoms with Crippen LogP contribution in [0.3, 0.4) is 0 Å². The smallest absolute Gasteiger partial charge is 0.257 e. The highest BCUT2D eigenvalue weighted by molar-refractivity contribution is 7.09. The summed E-state index contributed by atoms with van der Waals surface area (Å²) in [4.78, 5) is 21.7. The summed E-state index contributed by atoms with van der Waals surface area (Å²) in [5.74, 6) is -0.274. The number of rotatable bonds is 4. The largest absolute Gasteiger partial charge is 0.496 e. The minimum Gasteiger partial charge on any atom is -0.496 e. The predicted molar refractivity (Wildman–Crippen MR) is 106 cm³/mol. The Kier molecular flexibility index (Phi) is 5.91. The lowest BCUT2D eigenvalue weighted by Gasteiger charge is -2.43. The summed E-state index contributed by atoms with van der Waals surface area (Å²) >= 11 is 1.65. The van der Waals surface area contributed by atoms with Gasteiger partial charge in [0, 0.05) is 24.7 Å². The number of benzene rings is 1. The fourth-order valence-corrected chi connectivity index (χ4v) is 4.43. The van der Waals surface area contributed by atoms with Gasteiger partial charge in [-0.2, -0.15) is 0 Å². The number of amides is 1. The maximum Gasteiger partial charge on any atom is 0.257 e. The molecule has 3 heterocycles. The van der Waals surface area contributed by atoms with Gasteiger partial charge in [-0.3, -0.25) is 9.69 Å². The maximum atomic E-state index is 13.1. The average Bonchev–Trinajstić information content (AvgIpc) is 3.16. The van der Waals surface area contributed by atoms with Crippen molar-refractivity contribution in [1.82, 2.24) is 14.8 Å². The van der Waals surface area contributed by atoms with Crippen LogP contribution in [-0.4, -0.2) is 73.0 Å². The molecule has 2 aliphatic rings. The molecule has 0 N–H and O–H groups in total. The molecule has 1 aromatic heterocycles. The van der Waals surface area contributed by atoms with Crippen LogP contribution in [0.25, 0.3) is 0 Å². The van der Waals surface area contributed by atoms with E-state index in [-0.39, 0.29) is 5.91 Å². The fourth-order valence-electron chi connectivity index (χ4n) is 3.77. The van der Waals surface area contributed by atoms with Crippen LogP contribution in [0.15, 0.2) is 35.8 Å². The van der Waals surface area contributed by atoms with Gasteiger partial charge in [0.1, 0.15) is 10.8 Å². The predicted octanol–water partition coefficient (Wildman–Crippen LogP) is 2.24. The van der Waals surface area contributed by atoms with E-state index >= 15 is 0 Å². The van der Waals surface area contributed by atoms with E-state index in [4.69, 9.17) is 14.2 Å². The Balaban J connectivity index is 1.50. The lowest BCUT2D eigenvalue weighted by Crippen LogP contribution is -2.59. The third kappa shape index (κ3) is 4.20. The van der Waals surface area contributed by atoms with Gasteiger partial charge in [0.15, 0.2) is 5.79 Å². The molecule has 1 unspecified atom stereocenters. The van der Waals surface area contributed by atoms with E-state index < -0.39 is 5.79 Å². The van der Waals surface area contributed by atoms with E-state index in [1.165, 1.54) is 0 Å². The van der Waals surface area contributed by atoms with Gasteiger partial charge in [0.05, 0.1) is 45.5 Å². The summed E-state index contributed by atoms with van der Waals surface area (Å²) in [5, 5.41) is 3.07. The van der Waals surface area contributed by atoms with E-state index in [1.807, 2.05) is 28.6 Å². The summed E-state index contributed by atoms with van der Waals surface area (Å²) in [6, 6.07) is 7.32. The molecule has 0 bridgehead atoms. The summed E-state index contributed by atoms with van der Waals surface area (Å²) in [7, 11) is 1.58. The third-order valence-corrected chi connectivity index (χ3v) is 5.84. The van der Waals surface area contributed by atoms with Crippen molar-refractivity contribution < 1.29 is 19.0 Å². The van der Waals surface area contributed by atoms with Gasteiger partial charge in [-0.15, -0.1) is 11.3 Å². The zero-order chi connectivity index (χ0) is 19.4. The number of carbonyl (C=O) groups excluding carboxylic acids is 1. The Labute approximate surface area is 168 Å². The molecule has 150 valence electrons. The molecule has 4 rings (SSSR count). The van der Waals surface area contributed by atoms with Crippen LogP contribution in [0.1, 0.15) is 21.8 Å². The first-order valence-electron chi connectivity index (χ1n) is 9.50. The number of carbonyl (C=O) groups is 1. The molecular formula is C20H25N3O4S. The van der Waals surface area contributed by atoms with Crippen LogP contribution in [0.2, 0.25) is 0 Å². The Morgan fingerprint density at radius 1 is 1.25 bits per heavy atom. The molecular weight excluding hydrogens is 378 g/mol. The average molecular weight is 404 g/mol. The van der Waals surface area contributed by atoms with Crippen LogP contribution < -0.4 is 4.74 Å². The van der Waals surface area contributed by atoms with Gasteiger partial charge in [-0.1, -0.05) is 12.1 Å². The molecule has 1 aromatic carbocycles. The van der Waals surface area contributed by atoms with Crippen LogP contribution in [-0.2, 0) is 16.0 Å². The van der Waals surface area contributed by atoms with Crippen molar-refractivity contribution in [2.75, 3.05) is 46.5 Å². The summed E-state index contributed by atoms with van der Waals surface area (Å²) in [6.07, 6.45) is 2.76. The summed E-state index contributed by atoms with van der Waals surface area (Å²) in [5.41, 5.74) is 0.565. The van der Waals surface area contributed by atoms with Crippen LogP contribution in [0.4, 0.5) is 0 Å². The molecule has 2 aromatic rings. The number of morpholine rings is 1. The number of para-hydroxylation sites is 1. The van der Waals surface area contributed by atoms with Crippen molar-refractivity contribution in [1.29, 1.82) is 0 Å². The molecule has 1 spiro atoms. The minimum atomic E-state index is -0.802. The zero-order valence-corrected chi connectivity index (χ0v) is 16.8. The highest BCUT2D eigenvalue weighted by atomic mass is 32.1. The highest BCUT2D eigenvalue weighted by Gasteiger charge is 2.42. The summed E-state index contributed by atoms with van der Waals surface area (Å²) < 4.78 is 17.6. The number of thiazole rings is 1. The third-order valence-electron chi connectivity index (χ3n) is 5.07. The molecule has 1 atom stereocenters. The van der Waals surface area contributed by atoms with Gasteiger partial charge in [0.2, 0.25) is 0 Å². The first kappa shape index (κ1) is 19.3. The molecule has 1 amide bonds. The minimum absolute atomic E-state index is 0.0561. The molecule has 2 aliphatic heterocycles. The standard InChI is InChI=1S/C20H25N3O4S/c1-25-17-6-3-2-5-16(17)19(24)23-9-11-27-20(15-23)14-22(8-4-10-26-20)13-18-21-7-12-28-18/h2-3,5-7,12H,4,8-11,13-15H2,1H3. The second-order valence-electron chi connectivity index (χ2n) is 7.02. The Morgan fingerprint density at radius 3 is 2.93 bits per heavy atom. The number of nitrogens with zero attached hydrogens (tertiary/aromatic N) is 3. The van der Waals surface area contributed by atoms with E-state index in [0.29, 0.717) is 44.2 Å². The number of methoxy groups -OCH3 is 1. The van der Waals surface area contributed by atoms with E-state index in [9.17, 15) is 4.79 Å². The van der Waals surface area contributed by atoms with Gasteiger partial charge < -0.3 is 19.1 Å². The molecule has 2 fully saturated rings. The van der Waals surface area contributed by atoms with Gasteiger partial charge in [-0.25, -0.2) is 4.98 Å².